The Morgan fingerprint density at radius 3 is 1.39 bits per heavy atom. The normalized spacial score (nSPS) is 14.7. The quantitative estimate of drug-likeness (QED) is 0.229. The second-order valence-electron chi connectivity index (χ2n) is 9.94. The molecule has 0 saturated carbocycles. The van der Waals surface area contributed by atoms with Gasteiger partial charge in [-0.2, -0.15) is 0 Å². The second kappa shape index (κ2) is 10.8. The third kappa shape index (κ3) is 5.10. The highest BCUT2D eigenvalue weighted by Gasteiger charge is 2.13. The van der Waals surface area contributed by atoms with Gasteiger partial charge in [-0.3, -0.25) is 0 Å². The molecule has 1 heteroatoms. The number of anilines is 3. The van der Waals surface area contributed by atoms with Gasteiger partial charge in [-0.25, -0.2) is 0 Å². The lowest BCUT2D eigenvalue weighted by Crippen LogP contribution is -2.09. The van der Waals surface area contributed by atoms with E-state index in [-0.39, 0.29) is 0 Å². The lowest BCUT2D eigenvalue weighted by molar-refractivity contribution is 0.739. The van der Waals surface area contributed by atoms with Gasteiger partial charge in [0, 0.05) is 17.1 Å². The van der Waals surface area contributed by atoms with Crippen LogP contribution < -0.4 is 4.90 Å². The van der Waals surface area contributed by atoms with Crippen LogP contribution in [0, 0.1) is 5.92 Å². The number of para-hydroxylation sites is 1. The average molecular weight is 490 g/mol. The van der Waals surface area contributed by atoms with Crippen molar-refractivity contribution in [2.24, 2.45) is 5.92 Å². The van der Waals surface area contributed by atoms with Gasteiger partial charge in [0.25, 0.3) is 0 Å². The minimum absolute atomic E-state index is 0.622. The largest absolute Gasteiger partial charge is 0.311 e. The third-order valence-corrected chi connectivity index (χ3v) is 7.24. The Balaban J connectivity index is 1.29. The highest BCUT2D eigenvalue weighted by Crippen LogP contribution is 2.36. The molecule has 0 spiro atoms. The molecule has 1 nitrogen and oxygen atoms in total. The molecular weight excluding hydrogens is 458 g/mol. The number of rotatable bonds is 6. The van der Waals surface area contributed by atoms with Gasteiger partial charge < -0.3 is 4.90 Å². The van der Waals surface area contributed by atoms with Crippen molar-refractivity contribution < 1.29 is 0 Å². The maximum Gasteiger partial charge on any atom is 0.0462 e. The van der Waals surface area contributed by atoms with Crippen molar-refractivity contribution in [2.75, 3.05) is 4.90 Å². The molecule has 1 aliphatic rings. The highest BCUT2D eigenvalue weighted by atomic mass is 15.1. The summed E-state index contributed by atoms with van der Waals surface area (Å²) >= 11 is 0. The Morgan fingerprint density at radius 2 is 0.895 bits per heavy atom. The molecule has 1 unspecified atom stereocenters. The Bertz CT molecular complexity index is 1540. The van der Waals surface area contributed by atoms with E-state index in [0.717, 1.165) is 23.5 Å². The third-order valence-electron chi connectivity index (χ3n) is 7.24. The summed E-state index contributed by atoms with van der Waals surface area (Å²) in [6, 6.07) is 47.7. The van der Waals surface area contributed by atoms with Crippen molar-refractivity contribution in [1.82, 2.24) is 0 Å². The molecule has 38 heavy (non-hydrogen) atoms. The number of hydrogen-bond donors (Lipinski definition) is 0. The molecule has 0 aromatic heterocycles. The lowest BCUT2D eigenvalue weighted by atomic mass is 9.94. The van der Waals surface area contributed by atoms with E-state index in [1.54, 1.807) is 0 Å². The first-order chi connectivity index (χ1) is 18.7. The van der Waals surface area contributed by atoms with Crippen LogP contribution in [0.4, 0.5) is 17.1 Å². The highest BCUT2D eigenvalue weighted by molar-refractivity contribution is 5.81. The zero-order valence-corrected chi connectivity index (χ0v) is 21.7. The molecule has 1 aliphatic carbocycles. The fourth-order valence-corrected chi connectivity index (χ4v) is 5.06. The predicted octanol–water partition coefficient (Wildman–Crippen LogP) is 10.5. The van der Waals surface area contributed by atoms with Gasteiger partial charge in [-0.1, -0.05) is 122 Å². The summed E-state index contributed by atoms with van der Waals surface area (Å²) in [4.78, 5) is 2.32. The fraction of sp³-hybridized carbons (Fsp3) is 0.0811. The smallest absolute Gasteiger partial charge is 0.0462 e. The van der Waals surface area contributed by atoms with Gasteiger partial charge in [0.05, 0.1) is 0 Å². The van der Waals surface area contributed by atoms with Gasteiger partial charge in [-0.05, 0) is 82.1 Å². The number of nitrogens with zero attached hydrogens (tertiary/aromatic N) is 1. The molecule has 0 N–H and O–H groups in total. The van der Waals surface area contributed by atoms with E-state index < -0.39 is 0 Å². The number of allylic oxidation sites excluding steroid dienone is 4. The minimum Gasteiger partial charge on any atom is -0.311 e. The molecule has 0 aliphatic heterocycles. The summed E-state index contributed by atoms with van der Waals surface area (Å²) in [5.74, 6) is 0.622. The molecule has 0 amide bonds. The molecule has 5 aromatic carbocycles. The van der Waals surface area contributed by atoms with Crippen LogP contribution >= 0.6 is 0 Å². The first-order valence-electron chi connectivity index (χ1n) is 13.3. The number of hydrogen-bond acceptors (Lipinski definition) is 1. The minimum atomic E-state index is 0.622. The van der Waals surface area contributed by atoms with Gasteiger partial charge in [0.15, 0.2) is 0 Å². The summed E-state index contributed by atoms with van der Waals surface area (Å²) in [5, 5.41) is 0. The van der Waals surface area contributed by atoms with E-state index in [4.69, 9.17) is 0 Å². The van der Waals surface area contributed by atoms with Crippen LogP contribution in [0.5, 0.6) is 0 Å². The molecule has 6 rings (SSSR count). The van der Waals surface area contributed by atoms with Crippen molar-refractivity contribution in [3.8, 4) is 22.3 Å². The van der Waals surface area contributed by atoms with E-state index in [1.807, 2.05) is 0 Å². The van der Waals surface area contributed by atoms with Crippen LogP contribution in [-0.4, -0.2) is 0 Å². The summed E-state index contributed by atoms with van der Waals surface area (Å²) in [5.41, 5.74) is 10.9. The maximum atomic E-state index is 2.35. The molecule has 184 valence electrons. The first kappa shape index (κ1) is 23.8. The van der Waals surface area contributed by atoms with Gasteiger partial charge >= 0.3 is 0 Å². The van der Waals surface area contributed by atoms with Crippen molar-refractivity contribution in [1.29, 1.82) is 0 Å². The van der Waals surface area contributed by atoms with Crippen LogP contribution in [0.3, 0.4) is 0 Å². The Morgan fingerprint density at radius 1 is 0.474 bits per heavy atom. The van der Waals surface area contributed by atoms with Crippen LogP contribution in [0.2, 0.25) is 0 Å². The first-order valence-corrected chi connectivity index (χ1v) is 13.3. The van der Waals surface area contributed by atoms with Crippen molar-refractivity contribution >= 4 is 22.6 Å². The molecule has 0 radical (unpaired) electrons. The average Bonchev–Trinajstić information content (AvgIpc) is 3.00. The summed E-state index contributed by atoms with van der Waals surface area (Å²) in [7, 11) is 0. The number of benzene rings is 5. The van der Waals surface area contributed by atoms with Gasteiger partial charge in [0.2, 0.25) is 0 Å². The molecule has 1 atom stereocenters. The predicted molar refractivity (Wildman–Crippen MR) is 163 cm³/mol. The SMILES string of the molecule is CC1C=CC(c2ccc(N(c3ccccc3)c3ccc(-c4ccc(-c5ccccc5)cc4)cc3)cc2)=CC1. The molecule has 5 aromatic rings. The van der Waals surface area contributed by atoms with Crippen LogP contribution in [0.1, 0.15) is 18.9 Å². The van der Waals surface area contributed by atoms with Crippen LogP contribution in [0.15, 0.2) is 152 Å². The van der Waals surface area contributed by atoms with E-state index in [2.05, 4.69) is 164 Å². The molecule has 0 saturated heterocycles. The molecule has 0 bridgehead atoms. The van der Waals surface area contributed by atoms with Crippen LogP contribution in [-0.2, 0) is 0 Å². The van der Waals surface area contributed by atoms with E-state index in [0.29, 0.717) is 5.92 Å². The van der Waals surface area contributed by atoms with E-state index in [9.17, 15) is 0 Å². The summed E-state index contributed by atoms with van der Waals surface area (Å²) < 4.78 is 0. The zero-order valence-electron chi connectivity index (χ0n) is 21.7. The van der Waals surface area contributed by atoms with Crippen molar-refractivity contribution in [3.63, 3.8) is 0 Å². The van der Waals surface area contributed by atoms with Gasteiger partial charge in [-0.15, -0.1) is 0 Å². The fourth-order valence-electron chi connectivity index (χ4n) is 5.06. The summed E-state index contributed by atoms with van der Waals surface area (Å²) in [6.45, 7) is 2.26. The lowest BCUT2D eigenvalue weighted by Gasteiger charge is -2.26. The Kier molecular flexibility index (Phi) is 6.74. The molecule has 0 heterocycles. The zero-order chi connectivity index (χ0) is 25.7. The van der Waals surface area contributed by atoms with E-state index in [1.165, 1.54) is 33.4 Å². The van der Waals surface area contributed by atoms with Crippen LogP contribution in [0.25, 0.3) is 27.8 Å². The molecular formula is C37H31N. The Hall–Kier alpha value is -4.62. The van der Waals surface area contributed by atoms with Crippen molar-refractivity contribution in [2.45, 2.75) is 13.3 Å². The molecule has 0 fully saturated rings. The van der Waals surface area contributed by atoms with Crippen molar-refractivity contribution in [3.05, 3.63) is 157 Å². The van der Waals surface area contributed by atoms with E-state index >= 15 is 0 Å². The topological polar surface area (TPSA) is 3.24 Å². The monoisotopic (exact) mass is 489 g/mol. The summed E-state index contributed by atoms with van der Waals surface area (Å²) in [6.07, 6.45) is 8.00. The second-order valence-corrected chi connectivity index (χ2v) is 9.94. The van der Waals surface area contributed by atoms with Gasteiger partial charge in [0.1, 0.15) is 0 Å². The standard InChI is InChI=1S/C37H31N/c1-28-12-14-30(15-13-28)33-20-24-36(25-21-33)38(35-10-6-3-7-11-35)37-26-22-34(23-27-37)32-18-16-31(17-19-32)29-8-4-2-5-9-29/h2-12,14-28H,13H2,1H3. The maximum absolute atomic E-state index is 2.35. The Labute approximate surface area is 226 Å².